The van der Waals surface area contributed by atoms with Crippen LogP contribution in [0.5, 0.6) is 0 Å². The third-order valence-electron chi connectivity index (χ3n) is 4.70. The third kappa shape index (κ3) is 4.07. The van der Waals surface area contributed by atoms with Crippen LogP contribution in [0.15, 0.2) is 6.07 Å². The second kappa shape index (κ2) is 7.41. The molecule has 0 aromatic carbocycles. The van der Waals surface area contributed by atoms with Gasteiger partial charge in [-0.15, -0.1) is 0 Å². The molecular formula is C17H32N4. The second-order valence-corrected chi connectivity index (χ2v) is 6.74. The quantitative estimate of drug-likeness (QED) is 0.875. The highest BCUT2D eigenvalue weighted by Crippen LogP contribution is 2.20. The lowest BCUT2D eigenvalue weighted by atomic mass is 9.97. The van der Waals surface area contributed by atoms with Crippen LogP contribution in [0.1, 0.15) is 51.9 Å². The number of nitrogens with one attached hydrogen (secondary N) is 1. The molecule has 0 spiro atoms. The van der Waals surface area contributed by atoms with Crippen molar-refractivity contribution in [2.24, 2.45) is 13.0 Å². The summed E-state index contributed by atoms with van der Waals surface area (Å²) >= 11 is 0. The number of nitrogens with zero attached hydrogens (tertiary/aromatic N) is 3. The van der Waals surface area contributed by atoms with Gasteiger partial charge in [0.25, 0.3) is 0 Å². The molecule has 1 N–H and O–H groups in total. The average Bonchev–Trinajstić information content (AvgIpc) is 2.80. The monoisotopic (exact) mass is 292 g/mol. The van der Waals surface area contributed by atoms with Gasteiger partial charge in [-0.3, -0.25) is 9.58 Å². The van der Waals surface area contributed by atoms with Crippen LogP contribution in [-0.4, -0.2) is 39.9 Å². The van der Waals surface area contributed by atoms with Crippen LogP contribution in [0.4, 0.5) is 0 Å². The van der Waals surface area contributed by atoms with Gasteiger partial charge in [0, 0.05) is 38.8 Å². The van der Waals surface area contributed by atoms with Crippen LogP contribution >= 0.6 is 0 Å². The molecule has 2 atom stereocenters. The Morgan fingerprint density at radius 1 is 1.38 bits per heavy atom. The second-order valence-electron chi connectivity index (χ2n) is 6.74. The number of rotatable bonds is 6. The van der Waals surface area contributed by atoms with Crippen LogP contribution in [0.3, 0.4) is 0 Å². The fourth-order valence-electron chi connectivity index (χ4n) is 3.38. The van der Waals surface area contributed by atoms with Gasteiger partial charge < -0.3 is 5.32 Å². The van der Waals surface area contributed by atoms with Crippen LogP contribution in [0.25, 0.3) is 0 Å². The first-order chi connectivity index (χ1) is 10.0. The van der Waals surface area contributed by atoms with E-state index in [-0.39, 0.29) is 0 Å². The molecule has 0 saturated carbocycles. The first-order valence-electron chi connectivity index (χ1n) is 8.54. The summed E-state index contributed by atoms with van der Waals surface area (Å²) in [5, 5.41) is 8.33. The van der Waals surface area contributed by atoms with Gasteiger partial charge in [0.1, 0.15) is 0 Å². The van der Waals surface area contributed by atoms with Gasteiger partial charge in [-0.2, -0.15) is 5.10 Å². The summed E-state index contributed by atoms with van der Waals surface area (Å²) in [4.78, 5) is 2.66. The van der Waals surface area contributed by atoms with E-state index in [1.165, 1.54) is 24.2 Å². The highest BCUT2D eigenvalue weighted by Gasteiger charge is 2.29. The van der Waals surface area contributed by atoms with E-state index < -0.39 is 0 Å². The Kier molecular flexibility index (Phi) is 5.82. The molecule has 2 unspecified atom stereocenters. The van der Waals surface area contributed by atoms with Crippen LogP contribution in [-0.2, 0) is 20.0 Å². The molecule has 0 radical (unpaired) electrons. The van der Waals surface area contributed by atoms with Crippen molar-refractivity contribution in [1.82, 2.24) is 20.0 Å². The molecule has 2 rings (SSSR count). The molecular weight excluding hydrogens is 260 g/mol. The van der Waals surface area contributed by atoms with E-state index in [1.807, 2.05) is 0 Å². The molecule has 1 aliphatic heterocycles. The number of aromatic nitrogens is 2. The number of hydrogen-bond donors (Lipinski definition) is 1. The van der Waals surface area contributed by atoms with Crippen molar-refractivity contribution in [3.8, 4) is 0 Å². The minimum atomic E-state index is 0.623. The van der Waals surface area contributed by atoms with E-state index in [0.29, 0.717) is 18.0 Å². The predicted octanol–water partition coefficient (Wildman–Crippen LogP) is 2.58. The lowest BCUT2D eigenvalue weighted by Gasteiger charge is -2.42. The smallest absolute Gasteiger partial charge is 0.0625 e. The van der Waals surface area contributed by atoms with Crippen molar-refractivity contribution in [2.45, 2.75) is 65.6 Å². The normalized spacial score (nSPS) is 23.9. The molecule has 1 aromatic rings. The largest absolute Gasteiger partial charge is 0.311 e. The van der Waals surface area contributed by atoms with Crippen molar-refractivity contribution in [3.05, 3.63) is 17.5 Å². The van der Waals surface area contributed by atoms with E-state index in [4.69, 9.17) is 0 Å². The molecule has 0 bridgehead atoms. The summed E-state index contributed by atoms with van der Waals surface area (Å²) in [6.07, 6.45) is 3.54. The Hall–Kier alpha value is -0.870. The molecule has 21 heavy (non-hydrogen) atoms. The maximum Gasteiger partial charge on any atom is 0.0625 e. The molecule has 0 aliphatic carbocycles. The summed E-state index contributed by atoms with van der Waals surface area (Å²) in [5.74, 6) is 0.680. The van der Waals surface area contributed by atoms with Gasteiger partial charge in [0.2, 0.25) is 0 Å². The molecule has 1 aromatic heterocycles. The van der Waals surface area contributed by atoms with Gasteiger partial charge in [-0.25, -0.2) is 0 Å². The van der Waals surface area contributed by atoms with Crippen molar-refractivity contribution >= 4 is 0 Å². The highest BCUT2D eigenvalue weighted by atomic mass is 15.3. The summed E-state index contributed by atoms with van der Waals surface area (Å²) in [6.45, 7) is 12.4. The van der Waals surface area contributed by atoms with Gasteiger partial charge in [-0.1, -0.05) is 34.1 Å². The maximum absolute atomic E-state index is 4.59. The van der Waals surface area contributed by atoms with Crippen LogP contribution < -0.4 is 5.32 Å². The molecule has 2 heterocycles. The highest BCUT2D eigenvalue weighted by molar-refractivity contribution is 5.10. The SMILES string of the molecule is CCCC1CN(Cc2cc(CC)nn2C)C(C(C)C)CN1. The summed E-state index contributed by atoms with van der Waals surface area (Å²) in [6, 6.07) is 3.54. The Morgan fingerprint density at radius 2 is 2.14 bits per heavy atom. The van der Waals surface area contributed by atoms with E-state index in [0.717, 1.165) is 26.1 Å². The standard InChI is InChI=1S/C17H32N4/c1-6-8-15-11-21(17(10-18-15)13(3)4)12-16-9-14(7-2)19-20(16)5/h9,13,15,17-18H,6-8,10-12H2,1-5H3. The van der Waals surface area contributed by atoms with Crippen LogP contribution in [0, 0.1) is 5.92 Å². The predicted molar refractivity (Wildman–Crippen MR) is 88.3 cm³/mol. The fraction of sp³-hybridized carbons (Fsp3) is 0.824. The lowest BCUT2D eigenvalue weighted by Crippen LogP contribution is -2.57. The fourth-order valence-corrected chi connectivity index (χ4v) is 3.38. The van der Waals surface area contributed by atoms with Crippen molar-refractivity contribution < 1.29 is 0 Å². The van der Waals surface area contributed by atoms with Crippen LogP contribution in [0.2, 0.25) is 0 Å². The molecule has 120 valence electrons. The Labute approximate surface area is 129 Å². The first-order valence-corrected chi connectivity index (χ1v) is 8.54. The summed E-state index contributed by atoms with van der Waals surface area (Å²) in [7, 11) is 2.07. The molecule has 1 saturated heterocycles. The zero-order valence-corrected chi connectivity index (χ0v) is 14.4. The number of hydrogen-bond acceptors (Lipinski definition) is 3. The lowest BCUT2D eigenvalue weighted by molar-refractivity contribution is 0.0861. The van der Waals surface area contributed by atoms with Crippen molar-refractivity contribution in [2.75, 3.05) is 13.1 Å². The third-order valence-corrected chi connectivity index (χ3v) is 4.70. The van der Waals surface area contributed by atoms with Gasteiger partial charge >= 0.3 is 0 Å². The Morgan fingerprint density at radius 3 is 2.71 bits per heavy atom. The van der Waals surface area contributed by atoms with E-state index >= 15 is 0 Å². The van der Waals surface area contributed by atoms with E-state index in [1.54, 1.807) is 0 Å². The van der Waals surface area contributed by atoms with Crippen molar-refractivity contribution in [1.29, 1.82) is 0 Å². The zero-order chi connectivity index (χ0) is 15.4. The topological polar surface area (TPSA) is 33.1 Å². The van der Waals surface area contributed by atoms with Gasteiger partial charge in [-0.05, 0) is 24.8 Å². The Balaban J connectivity index is 2.09. The molecule has 4 heteroatoms. The van der Waals surface area contributed by atoms with Gasteiger partial charge in [0.05, 0.1) is 11.4 Å². The minimum absolute atomic E-state index is 0.623. The maximum atomic E-state index is 4.59. The Bertz CT molecular complexity index is 438. The van der Waals surface area contributed by atoms with Gasteiger partial charge in [0.15, 0.2) is 0 Å². The summed E-state index contributed by atoms with van der Waals surface area (Å²) < 4.78 is 2.06. The minimum Gasteiger partial charge on any atom is -0.311 e. The first kappa shape index (κ1) is 16.5. The molecule has 1 aliphatic rings. The molecule has 0 amide bonds. The van der Waals surface area contributed by atoms with E-state index in [2.05, 4.69) is 60.8 Å². The summed E-state index contributed by atoms with van der Waals surface area (Å²) in [5.41, 5.74) is 2.54. The zero-order valence-electron chi connectivity index (χ0n) is 14.4. The van der Waals surface area contributed by atoms with Crippen molar-refractivity contribution in [3.63, 3.8) is 0 Å². The number of aryl methyl sites for hydroxylation is 2. The molecule has 1 fully saturated rings. The number of piperazine rings is 1. The molecule has 4 nitrogen and oxygen atoms in total. The van der Waals surface area contributed by atoms with E-state index in [9.17, 15) is 0 Å². The average molecular weight is 292 g/mol.